The number of carbonyl (C=O) groups excluding carboxylic acids is 1. The second-order valence-corrected chi connectivity index (χ2v) is 6.28. The van der Waals surface area contributed by atoms with Crippen LogP contribution in [0.25, 0.3) is 11.3 Å². The van der Waals surface area contributed by atoms with Crippen molar-refractivity contribution < 1.29 is 19.2 Å². The molecule has 1 N–H and O–H groups in total. The van der Waals surface area contributed by atoms with Gasteiger partial charge in [0.05, 0.1) is 10.9 Å². The molecule has 0 spiro atoms. The zero-order chi connectivity index (χ0) is 17.3. The van der Waals surface area contributed by atoms with Gasteiger partial charge in [-0.25, -0.2) is 0 Å². The number of carboxylic acid groups (broad SMARTS) is 1. The number of aliphatic carboxylic acids is 1. The van der Waals surface area contributed by atoms with E-state index in [0.717, 1.165) is 0 Å². The van der Waals surface area contributed by atoms with Crippen molar-refractivity contribution in [1.82, 2.24) is 10.1 Å². The van der Waals surface area contributed by atoms with Crippen molar-refractivity contribution in [3.8, 4) is 11.3 Å². The number of piperidine rings is 1. The van der Waals surface area contributed by atoms with Gasteiger partial charge in [0.15, 0.2) is 0 Å². The molecule has 2 heterocycles. The molecule has 1 atom stereocenters. The van der Waals surface area contributed by atoms with Crippen LogP contribution in [0.1, 0.15) is 29.0 Å². The highest BCUT2D eigenvalue weighted by atomic mass is 35.5. The Morgan fingerprint density at radius 1 is 1.38 bits per heavy atom. The van der Waals surface area contributed by atoms with Crippen molar-refractivity contribution in [2.24, 2.45) is 5.92 Å². The predicted molar refractivity (Wildman–Crippen MR) is 87.9 cm³/mol. The zero-order valence-electron chi connectivity index (χ0n) is 13.2. The van der Waals surface area contributed by atoms with E-state index in [0.29, 0.717) is 47.0 Å². The maximum Gasteiger partial charge on any atom is 0.308 e. The second-order valence-electron chi connectivity index (χ2n) is 5.87. The minimum Gasteiger partial charge on any atom is -0.481 e. The van der Waals surface area contributed by atoms with Gasteiger partial charge in [0.25, 0.3) is 5.91 Å². The van der Waals surface area contributed by atoms with Crippen molar-refractivity contribution >= 4 is 23.5 Å². The smallest absolute Gasteiger partial charge is 0.308 e. The summed E-state index contributed by atoms with van der Waals surface area (Å²) in [5.41, 5.74) is 1.35. The van der Waals surface area contributed by atoms with E-state index in [2.05, 4.69) is 5.16 Å². The van der Waals surface area contributed by atoms with E-state index in [-0.39, 0.29) is 12.5 Å². The molecule has 126 valence electrons. The molecule has 1 aliphatic heterocycles. The second kappa shape index (κ2) is 6.65. The van der Waals surface area contributed by atoms with Crippen LogP contribution in [0, 0.1) is 12.8 Å². The third kappa shape index (κ3) is 3.01. The summed E-state index contributed by atoms with van der Waals surface area (Å²) in [6.45, 7) is 2.38. The Balaban J connectivity index is 1.95. The van der Waals surface area contributed by atoms with Gasteiger partial charge in [-0.05, 0) is 25.8 Å². The molecule has 3 rings (SSSR count). The monoisotopic (exact) mass is 348 g/mol. The van der Waals surface area contributed by atoms with E-state index in [1.54, 1.807) is 36.1 Å². The Labute approximate surface area is 144 Å². The van der Waals surface area contributed by atoms with Gasteiger partial charge >= 0.3 is 5.97 Å². The van der Waals surface area contributed by atoms with Crippen molar-refractivity contribution in [3.63, 3.8) is 0 Å². The molecule has 2 aromatic rings. The Morgan fingerprint density at radius 2 is 2.12 bits per heavy atom. The number of carboxylic acids is 1. The lowest BCUT2D eigenvalue weighted by atomic mass is 9.97. The Morgan fingerprint density at radius 3 is 2.83 bits per heavy atom. The van der Waals surface area contributed by atoms with Crippen LogP contribution in [0.2, 0.25) is 5.02 Å². The summed E-state index contributed by atoms with van der Waals surface area (Å²) < 4.78 is 5.22. The van der Waals surface area contributed by atoms with E-state index in [4.69, 9.17) is 16.1 Å². The molecular formula is C17H17ClN2O4. The fourth-order valence-corrected chi connectivity index (χ4v) is 3.21. The first-order valence-electron chi connectivity index (χ1n) is 7.72. The van der Waals surface area contributed by atoms with E-state index < -0.39 is 11.9 Å². The first-order valence-corrected chi connectivity index (χ1v) is 8.10. The maximum absolute atomic E-state index is 12.9. The molecule has 1 aromatic heterocycles. The SMILES string of the molecule is Cc1onc(-c2ccccc2Cl)c1C(=O)N1CCCC(C(=O)O)C1. The number of hydrogen-bond donors (Lipinski definition) is 1. The highest BCUT2D eigenvalue weighted by molar-refractivity contribution is 6.33. The normalized spacial score (nSPS) is 17.8. The predicted octanol–water partition coefficient (Wildman–Crippen LogP) is 3.24. The molecule has 1 aliphatic rings. The minimum absolute atomic E-state index is 0.195. The summed E-state index contributed by atoms with van der Waals surface area (Å²) in [4.78, 5) is 25.7. The quantitative estimate of drug-likeness (QED) is 0.920. The van der Waals surface area contributed by atoms with Crippen LogP contribution in [0.4, 0.5) is 0 Å². The molecule has 0 bridgehead atoms. The van der Waals surface area contributed by atoms with Gasteiger partial charge in [-0.2, -0.15) is 0 Å². The first-order chi connectivity index (χ1) is 11.5. The van der Waals surface area contributed by atoms with E-state index >= 15 is 0 Å². The van der Waals surface area contributed by atoms with E-state index in [1.807, 2.05) is 0 Å². The van der Waals surface area contributed by atoms with Crippen LogP contribution in [-0.4, -0.2) is 40.1 Å². The Hall–Kier alpha value is -2.34. The summed E-state index contributed by atoms with van der Waals surface area (Å²) in [7, 11) is 0. The molecule has 0 saturated carbocycles. The van der Waals surface area contributed by atoms with Crippen molar-refractivity contribution in [3.05, 3.63) is 40.6 Å². The number of hydrogen-bond acceptors (Lipinski definition) is 4. The third-order valence-electron chi connectivity index (χ3n) is 4.26. The van der Waals surface area contributed by atoms with Crippen molar-refractivity contribution in [1.29, 1.82) is 0 Å². The summed E-state index contributed by atoms with van der Waals surface area (Å²) in [5, 5.41) is 13.7. The lowest BCUT2D eigenvalue weighted by Gasteiger charge is -2.30. The van der Waals surface area contributed by atoms with Gasteiger partial charge in [0.1, 0.15) is 17.0 Å². The molecule has 24 heavy (non-hydrogen) atoms. The molecule has 1 fully saturated rings. The number of aryl methyl sites for hydroxylation is 1. The minimum atomic E-state index is -0.874. The maximum atomic E-state index is 12.9. The van der Waals surface area contributed by atoms with Gasteiger partial charge in [-0.15, -0.1) is 0 Å². The fraction of sp³-hybridized carbons (Fsp3) is 0.353. The Kier molecular flexibility index (Phi) is 4.57. The van der Waals surface area contributed by atoms with Gasteiger partial charge < -0.3 is 14.5 Å². The number of halogens is 1. The first kappa shape index (κ1) is 16.5. The van der Waals surface area contributed by atoms with Crippen LogP contribution >= 0.6 is 11.6 Å². The van der Waals surface area contributed by atoms with Gasteiger partial charge in [0.2, 0.25) is 0 Å². The van der Waals surface area contributed by atoms with Gasteiger partial charge in [0, 0.05) is 18.7 Å². The van der Waals surface area contributed by atoms with Gasteiger partial charge in [-0.1, -0.05) is 35.0 Å². The van der Waals surface area contributed by atoms with Crippen molar-refractivity contribution in [2.45, 2.75) is 19.8 Å². The number of carbonyl (C=O) groups is 2. The Bertz CT molecular complexity index is 787. The fourth-order valence-electron chi connectivity index (χ4n) is 2.98. The molecule has 0 radical (unpaired) electrons. The highest BCUT2D eigenvalue weighted by Gasteiger charge is 2.32. The lowest BCUT2D eigenvalue weighted by Crippen LogP contribution is -2.42. The number of likely N-dealkylation sites (tertiary alicyclic amines) is 1. The molecule has 1 amide bonds. The summed E-state index contributed by atoms with van der Waals surface area (Å²) in [5.74, 6) is -1.28. The number of benzene rings is 1. The number of nitrogens with zero attached hydrogens (tertiary/aromatic N) is 2. The molecular weight excluding hydrogens is 332 g/mol. The van der Waals surface area contributed by atoms with Crippen LogP contribution in [-0.2, 0) is 4.79 Å². The molecule has 7 heteroatoms. The molecule has 1 saturated heterocycles. The third-order valence-corrected chi connectivity index (χ3v) is 4.59. The van der Waals surface area contributed by atoms with Crippen molar-refractivity contribution in [2.75, 3.05) is 13.1 Å². The average Bonchev–Trinajstić information content (AvgIpc) is 2.96. The molecule has 1 unspecified atom stereocenters. The highest BCUT2D eigenvalue weighted by Crippen LogP contribution is 2.32. The van der Waals surface area contributed by atoms with Crippen LogP contribution < -0.4 is 0 Å². The molecule has 0 aliphatic carbocycles. The average molecular weight is 349 g/mol. The summed E-state index contributed by atoms with van der Waals surface area (Å²) in [6.07, 6.45) is 1.24. The number of aromatic nitrogens is 1. The van der Waals surface area contributed by atoms with Crippen LogP contribution in [0.5, 0.6) is 0 Å². The standard InChI is InChI=1S/C17H17ClN2O4/c1-10-14(15(19-24-10)12-6-2-3-7-13(12)18)16(21)20-8-4-5-11(9-20)17(22)23/h2-3,6-7,11H,4-5,8-9H2,1H3,(H,22,23). The summed E-state index contributed by atoms with van der Waals surface area (Å²) in [6, 6.07) is 7.09. The van der Waals surface area contributed by atoms with Crippen LogP contribution in [0.15, 0.2) is 28.8 Å². The van der Waals surface area contributed by atoms with E-state index in [9.17, 15) is 14.7 Å². The number of rotatable bonds is 3. The zero-order valence-corrected chi connectivity index (χ0v) is 13.9. The largest absolute Gasteiger partial charge is 0.481 e. The van der Waals surface area contributed by atoms with Gasteiger partial charge in [-0.3, -0.25) is 9.59 Å². The summed E-state index contributed by atoms with van der Waals surface area (Å²) >= 11 is 6.21. The molecule has 1 aromatic carbocycles. The number of amides is 1. The topological polar surface area (TPSA) is 83.6 Å². The lowest BCUT2D eigenvalue weighted by molar-refractivity contribution is -0.143. The molecule has 6 nitrogen and oxygen atoms in total. The van der Waals surface area contributed by atoms with E-state index in [1.165, 1.54) is 0 Å². The van der Waals surface area contributed by atoms with Crippen LogP contribution in [0.3, 0.4) is 0 Å².